The van der Waals surface area contributed by atoms with E-state index >= 15 is 0 Å². The van der Waals surface area contributed by atoms with E-state index in [4.69, 9.17) is 0 Å². The number of fused-ring (bicyclic) bond motifs is 2. The van der Waals surface area contributed by atoms with Gasteiger partial charge < -0.3 is 30.4 Å². The van der Waals surface area contributed by atoms with Gasteiger partial charge in [-0.05, 0) is 55.1 Å². The first kappa shape index (κ1) is 23.4. The fraction of sp³-hybridized carbons (Fsp3) is 0.478. The zero-order valence-corrected chi connectivity index (χ0v) is 20.1. The highest BCUT2D eigenvalue weighted by Gasteiger charge is 2.30. The number of carbonyl (C=O) groups is 4. The van der Waals surface area contributed by atoms with Crippen molar-refractivity contribution in [1.82, 2.24) is 0 Å². The lowest BCUT2D eigenvalue weighted by Gasteiger charge is -2.23. The molecule has 8 nitrogen and oxygen atoms in total. The van der Waals surface area contributed by atoms with Crippen LogP contribution >= 0.6 is 22.7 Å². The zero-order valence-electron chi connectivity index (χ0n) is 18.4. The van der Waals surface area contributed by atoms with Gasteiger partial charge in [0.15, 0.2) is 0 Å². The predicted molar refractivity (Wildman–Crippen MR) is 122 cm³/mol. The molecule has 4 rings (SSSR count). The molecule has 176 valence electrons. The number of anilines is 2. The molecule has 2 heterocycles. The van der Waals surface area contributed by atoms with E-state index in [0.29, 0.717) is 12.8 Å². The molecule has 10 heteroatoms. The van der Waals surface area contributed by atoms with Crippen LogP contribution in [-0.4, -0.2) is 23.8 Å². The van der Waals surface area contributed by atoms with E-state index < -0.39 is 17.4 Å². The molecule has 0 radical (unpaired) electrons. The van der Waals surface area contributed by atoms with E-state index in [1.165, 1.54) is 22.7 Å². The number of carboxylic acids is 2. The summed E-state index contributed by atoms with van der Waals surface area (Å²) in [6.45, 7) is 3.52. The molecular weight excluding hydrogens is 464 g/mol. The number of rotatable bonds is 8. The van der Waals surface area contributed by atoms with Gasteiger partial charge in [0.1, 0.15) is 10.0 Å². The van der Waals surface area contributed by atoms with E-state index in [-0.39, 0.29) is 45.8 Å². The molecule has 0 atom stereocenters. The Balaban J connectivity index is 1.40. The monoisotopic (exact) mass is 488 g/mol. The van der Waals surface area contributed by atoms with Crippen LogP contribution < -0.4 is 20.8 Å². The van der Waals surface area contributed by atoms with Crippen molar-refractivity contribution in [2.24, 2.45) is 5.41 Å². The van der Waals surface area contributed by atoms with Crippen molar-refractivity contribution in [3.8, 4) is 0 Å². The Bertz CT molecular complexity index is 1070. The summed E-state index contributed by atoms with van der Waals surface area (Å²) in [6.07, 6.45) is 4.68. The van der Waals surface area contributed by atoms with Gasteiger partial charge in [0.2, 0.25) is 11.8 Å². The maximum Gasteiger partial charge on any atom is 0.225 e. The van der Waals surface area contributed by atoms with Crippen LogP contribution in [0.25, 0.3) is 0 Å². The van der Waals surface area contributed by atoms with Crippen molar-refractivity contribution in [3.05, 3.63) is 32.0 Å². The average molecular weight is 489 g/mol. The summed E-state index contributed by atoms with van der Waals surface area (Å²) >= 11 is 2.54. The molecule has 2 aliphatic carbocycles. The van der Waals surface area contributed by atoms with Gasteiger partial charge in [0, 0.05) is 33.7 Å². The number of aromatic carboxylic acids is 2. The topological polar surface area (TPSA) is 138 Å². The first-order valence-electron chi connectivity index (χ1n) is 10.9. The van der Waals surface area contributed by atoms with E-state index in [2.05, 4.69) is 10.6 Å². The molecule has 2 aromatic rings. The van der Waals surface area contributed by atoms with Crippen LogP contribution in [-0.2, 0) is 35.3 Å². The van der Waals surface area contributed by atoms with Crippen LogP contribution in [0.2, 0.25) is 0 Å². The minimum absolute atomic E-state index is 0.0102. The van der Waals surface area contributed by atoms with Gasteiger partial charge in [-0.3, -0.25) is 9.59 Å². The highest BCUT2D eigenvalue weighted by molar-refractivity contribution is 7.17. The molecule has 0 fully saturated rings. The number of thiophene rings is 2. The normalized spacial score (nSPS) is 14.6. The standard InChI is InChI=1S/C23H26N2O6S2/c1-23(2,9-15(26)24-19-17(21(28)29)11-5-3-7-13(11)32-19)10-16(27)25-20-18(22(30)31)12-6-4-8-14(12)33-20/h3-10H2,1-2H3,(H,24,26)(H,25,27)(H,28,29)(H,30,31)/p-2. The maximum atomic E-state index is 12.7. The van der Waals surface area contributed by atoms with Crippen molar-refractivity contribution in [2.45, 2.75) is 65.2 Å². The van der Waals surface area contributed by atoms with Crippen LogP contribution in [0.3, 0.4) is 0 Å². The third kappa shape index (κ3) is 4.81. The maximum absolute atomic E-state index is 12.7. The molecule has 0 saturated heterocycles. The molecule has 33 heavy (non-hydrogen) atoms. The molecule has 0 aliphatic heterocycles. The lowest BCUT2D eigenvalue weighted by molar-refractivity contribution is -0.256. The van der Waals surface area contributed by atoms with E-state index in [0.717, 1.165) is 46.6 Å². The van der Waals surface area contributed by atoms with Crippen molar-refractivity contribution in [3.63, 3.8) is 0 Å². The molecular formula is C23H24N2O6S2-2. The van der Waals surface area contributed by atoms with Crippen LogP contribution in [0.5, 0.6) is 0 Å². The number of hydrogen-bond donors (Lipinski definition) is 2. The average Bonchev–Trinajstić information content (AvgIpc) is 3.39. The minimum atomic E-state index is -1.30. The highest BCUT2D eigenvalue weighted by Crippen LogP contribution is 2.40. The molecule has 2 aliphatic rings. The van der Waals surface area contributed by atoms with Crippen molar-refractivity contribution in [2.75, 3.05) is 10.6 Å². The van der Waals surface area contributed by atoms with Crippen LogP contribution in [0.4, 0.5) is 10.0 Å². The summed E-state index contributed by atoms with van der Waals surface area (Å²) in [7, 11) is 0. The fourth-order valence-corrected chi connectivity index (χ4v) is 7.28. The molecule has 2 N–H and O–H groups in total. The quantitative estimate of drug-likeness (QED) is 0.582. The van der Waals surface area contributed by atoms with Crippen LogP contribution in [0, 0.1) is 5.41 Å². The van der Waals surface area contributed by atoms with Crippen molar-refractivity contribution < 1.29 is 29.4 Å². The van der Waals surface area contributed by atoms with Gasteiger partial charge in [-0.2, -0.15) is 0 Å². The lowest BCUT2D eigenvalue weighted by Crippen LogP contribution is -2.29. The molecule has 0 bridgehead atoms. The molecule has 2 amide bonds. The van der Waals surface area contributed by atoms with Gasteiger partial charge in [-0.25, -0.2) is 0 Å². The Morgan fingerprint density at radius 2 is 1.15 bits per heavy atom. The second-order valence-corrected chi connectivity index (χ2v) is 11.5. The Morgan fingerprint density at radius 1 is 0.758 bits per heavy atom. The summed E-state index contributed by atoms with van der Waals surface area (Å²) in [5.74, 6) is -3.37. The third-order valence-corrected chi connectivity index (χ3v) is 8.45. The van der Waals surface area contributed by atoms with Gasteiger partial charge >= 0.3 is 0 Å². The Labute approximate surface area is 199 Å². The van der Waals surface area contributed by atoms with Crippen LogP contribution in [0.15, 0.2) is 0 Å². The Morgan fingerprint density at radius 3 is 1.52 bits per heavy atom. The van der Waals surface area contributed by atoms with Gasteiger partial charge in [-0.15, -0.1) is 22.7 Å². The Hall–Kier alpha value is -2.72. The van der Waals surface area contributed by atoms with Crippen LogP contribution in [0.1, 0.15) is 81.1 Å². The zero-order chi connectivity index (χ0) is 23.9. The SMILES string of the molecule is CC(C)(CC(=O)Nc1sc2c(c1C(=O)[O-])CCC2)CC(=O)Nc1sc2c(c1C(=O)[O-])CCC2. The predicted octanol–water partition coefficient (Wildman–Crippen LogP) is 1.90. The van der Waals surface area contributed by atoms with Gasteiger partial charge in [-0.1, -0.05) is 13.8 Å². The number of aryl methyl sites for hydroxylation is 2. The number of hydrogen-bond acceptors (Lipinski definition) is 8. The second kappa shape index (κ2) is 8.90. The molecule has 2 aromatic heterocycles. The number of carbonyl (C=O) groups excluding carboxylic acids is 4. The molecule has 0 unspecified atom stereocenters. The summed E-state index contributed by atoms with van der Waals surface area (Å²) in [5, 5.41) is 29.2. The fourth-order valence-electron chi connectivity index (χ4n) is 4.69. The van der Waals surface area contributed by atoms with E-state index in [1.807, 2.05) is 0 Å². The first-order chi connectivity index (χ1) is 15.6. The molecule has 0 aromatic carbocycles. The Kier molecular flexibility index (Phi) is 6.32. The summed E-state index contributed by atoms with van der Waals surface area (Å²) < 4.78 is 0. The van der Waals surface area contributed by atoms with Gasteiger partial charge in [0.25, 0.3) is 0 Å². The minimum Gasteiger partial charge on any atom is -0.545 e. The number of carboxylic acid groups (broad SMARTS) is 2. The largest absolute Gasteiger partial charge is 0.545 e. The van der Waals surface area contributed by atoms with E-state index in [9.17, 15) is 29.4 Å². The van der Waals surface area contributed by atoms with Crippen molar-refractivity contribution >= 4 is 56.4 Å². The van der Waals surface area contributed by atoms with Gasteiger partial charge in [0.05, 0.1) is 11.9 Å². The van der Waals surface area contributed by atoms with E-state index in [1.54, 1.807) is 13.8 Å². The highest BCUT2D eigenvalue weighted by atomic mass is 32.1. The summed E-state index contributed by atoms with van der Waals surface area (Å²) in [4.78, 5) is 50.5. The number of amides is 2. The first-order valence-corrected chi connectivity index (χ1v) is 12.5. The molecule has 0 saturated carbocycles. The second-order valence-electron chi connectivity index (χ2n) is 9.31. The molecule has 0 spiro atoms. The lowest BCUT2D eigenvalue weighted by atomic mass is 9.85. The van der Waals surface area contributed by atoms with Crippen molar-refractivity contribution in [1.29, 1.82) is 0 Å². The number of nitrogens with one attached hydrogen (secondary N) is 2. The smallest absolute Gasteiger partial charge is 0.225 e. The third-order valence-electron chi connectivity index (χ3n) is 6.03. The summed E-state index contributed by atoms with van der Waals surface area (Å²) in [6, 6.07) is 0. The summed E-state index contributed by atoms with van der Waals surface area (Å²) in [5.41, 5.74) is 0.896.